The zero-order valence-corrected chi connectivity index (χ0v) is 15.8. The first-order valence-corrected chi connectivity index (χ1v) is 9.42. The van der Waals surface area contributed by atoms with Gasteiger partial charge in [0.2, 0.25) is 5.91 Å². The minimum atomic E-state index is -0.511. The van der Waals surface area contributed by atoms with E-state index >= 15 is 0 Å². The second kappa shape index (κ2) is 8.33. The van der Waals surface area contributed by atoms with Gasteiger partial charge in [-0.15, -0.1) is 0 Å². The second-order valence-corrected chi connectivity index (χ2v) is 7.35. The molecule has 0 aliphatic heterocycles. The van der Waals surface area contributed by atoms with Crippen LogP contribution in [0.1, 0.15) is 53.6 Å². The number of amides is 2. The molecule has 5 heteroatoms. The lowest BCUT2D eigenvalue weighted by Gasteiger charge is -2.21. The molecule has 27 heavy (non-hydrogen) atoms. The van der Waals surface area contributed by atoms with E-state index in [1.54, 1.807) is 12.1 Å². The lowest BCUT2D eigenvalue weighted by Crippen LogP contribution is -2.25. The number of anilines is 2. The predicted molar refractivity (Wildman–Crippen MR) is 105 cm³/mol. The molecule has 0 aromatic heterocycles. The van der Waals surface area contributed by atoms with E-state index in [2.05, 4.69) is 10.6 Å². The Hall–Kier alpha value is -2.69. The smallest absolute Gasteiger partial charge is 0.255 e. The van der Waals surface area contributed by atoms with Crippen LogP contribution < -0.4 is 10.6 Å². The minimum absolute atomic E-state index is 0.0633. The summed E-state index contributed by atoms with van der Waals surface area (Å²) in [4.78, 5) is 24.9. The molecule has 0 radical (unpaired) electrons. The Kier molecular flexibility index (Phi) is 5.89. The highest BCUT2D eigenvalue weighted by Crippen LogP contribution is 2.26. The van der Waals surface area contributed by atoms with E-state index in [1.165, 1.54) is 18.2 Å². The van der Waals surface area contributed by atoms with Crippen LogP contribution in [0, 0.1) is 25.6 Å². The Balaban J connectivity index is 1.72. The molecule has 1 aliphatic carbocycles. The Bertz CT molecular complexity index is 837. The van der Waals surface area contributed by atoms with Gasteiger partial charge in [-0.05, 0) is 57.0 Å². The number of aryl methyl sites for hydroxylation is 2. The molecule has 3 rings (SSSR count). The topological polar surface area (TPSA) is 58.2 Å². The second-order valence-electron chi connectivity index (χ2n) is 7.35. The summed E-state index contributed by atoms with van der Waals surface area (Å²) in [6, 6.07) is 9.82. The van der Waals surface area contributed by atoms with Crippen LogP contribution in [-0.2, 0) is 4.79 Å². The molecule has 4 nitrogen and oxygen atoms in total. The molecule has 0 bridgehead atoms. The summed E-state index contributed by atoms with van der Waals surface area (Å²) in [7, 11) is 0. The lowest BCUT2D eigenvalue weighted by molar-refractivity contribution is -0.120. The Morgan fingerprint density at radius 1 is 0.926 bits per heavy atom. The minimum Gasteiger partial charge on any atom is -0.323 e. The van der Waals surface area contributed by atoms with Crippen LogP contribution in [0.25, 0.3) is 0 Å². The molecule has 1 aliphatic rings. The molecule has 1 fully saturated rings. The maximum Gasteiger partial charge on any atom is 0.255 e. The molecule has 0 atom stereocenters. The Labute approximate surface area is 159 Å². The largest absolute Gasteiger partial charge is 0.323 e. The van der Waals surface area contributed by atoms with Crippen molar-refractivity contribution in [3.05, 3.63) is 58.9 Å². The van der Waals surface area contributed by atoms with E-state index in [0.29, 0.717) is 11.3 Å². The van der Waals surface area contributed by atoms with Gasteiger partial charge in [-0.25, -0.2) is 4.39 Å². The summed E-state index contributed by atoms with van der Waals surface area (Å²) in [5, 5.41) is 5.46. The molecular weight excluding hydrogens is 343 g/mol. The van der Waals surface area contributed by atoms with Gasteiger partial charge in [-0.1, -0.05) is 36.5 Å². The summed E-state index contributed by atoms with van der Waals surface area (Å²) in [5.74, 6) is -0.987. The van der Waals surface area contributed by atoms with Crippen LogP contribution in [0.5, 0.6) is 0 Å². The standard InChI is InChI=1S/C22H25FN2O2/c1-14-10-15(2)12-17(11-14)22(27)24-18-8-9-19(23)20(13-18)25-21(26)16-6-4-3-5-7-16/h8-13,16H,3-7H2,1-2H3,(H,24,27)(H,25,26). The highest BCUT2D eigenvalue weighted by molar-refractivity contribution is 6.05. The van der Waals surface area contributed by atoms with Gasteiger partial charge in [0, 0.05) is 17.2 Å². The molecule has 2 N–H and O–H groups in total. The highest BCUT2D eigenvalue weighted by Gasteiger charge is 2.22. The maximum absolute atomic E-state index is 14.1. The molecule has 0 saturated heterocycles. The molecule has 2 amide bonds. The third-order valence-corrected chi connectivity index (χ3v) is 4.94. The van der Waals surface area contributed by atoms with Crippen LogP contribution in [0.2, 0.25) is 0 Å². The van der Waals surface area contributed by atoms with Gasteiger partial charge in [0.1, 0.15) is 5.82 Å². The van der Waals surface area contributed by atoms with Crippen LogP contribution in [-0.4, -0.2) is 11.8 Å². The van der Waals surface area contributed by atoms with E-state index in [1.807, 2.05) is 19.9 Å². The molecule has 0 spiro atoms. The fourth-order valence-electron chi connectivity index (χ4n) is 3.61. The van der Waals surface area contributed by atoms with Crippen LogP contribution in [0.3, 0.4) is 0 Å². The Morgan fingerprint density at radius 3 is 2.26 bits per heavy atom. The van der Waals surface area contributed by atoms with Crippen LogP contribution in [0.15, 0.2) is 36.4 Å². The number of carbonyl (C=O) groups excluding carboxylic acids is 2. The summed E-state index contributed by atoms with van der Waals surface area (Å²) in [6.45, 7) is 3.86. The molecule has 0 heterocycles. The molecule has 142 valence electrons. The van der Waals surface area contributed by atoms with Crippen molar-refractivity contribution >= 4 is 23.2 Å². The Morgan fingerprint density at radius 2 is 1.59 bits per heavy atom. The predicted octanol–water partition coefficient (Wildman–Crippen LogP) is 5.21. The van der Waals surface area contributed by atoms with Gasteiger partial charge >= 0.3 is 0 Å². The van der Waals surface area contributed by atoms with Gasteiger partial charge in [0.25, 0.3) is 5.91 Å². The number of rotatable bonds is 4. The van der Waals surface area contributed by atoms with Crippen molar-refractivity contribution in [2.45, 2.75) is 46.0 Å². The fraction of sp³-hybridized carbons (Fsp3) is 0.364. The normalized spacial score (nSPS) is 14.6. The van der Waals surface area contributed by atoms with Crippen molar-refractivity contribution < 1.29 is 14.0 Å². The van der Waals surface area contributed by atoms with Crippen molar-refractivity contribution in [1.82, 2.24) is 0 Å². The zero-order chi connectivity index (χ0) is 19.4. The number of nitrogens with one attached hydrogen (secondary N) is 2. The first kappa shape index (κ1) is 19.1. The number of hydrogen-bond donors (Lipinski definition) is 2. The SMILES string of the molecule is Cc1cc(C)cc(C(=O)Nc2ccc(F)c(NC(=O)C3CCCCC3)c2)c1. The van der Waals surface area contributed by atoms with E-state index in [0.717, 1.165) is 43.2 Å². The third kappa shape index (κ3) is 4.94. The molecular formula is C22H25FN2O2. The maximum atomic E-state index is 14.1. The van der Waals surface area contributed by atoms with Crippen molar-refractivity contribution in [2.24, 2.45) is 5.92 Å². The van der Waals surface area contributed by atoms with Gasteiger partial charge in [0.05, 0.1) is 5.69 Å². The lowest BCUT2D eigenvalue weighted by atomic mass is 9.88. The van der Waals surface area contributed by atoms with E-state index in [9.17, 15) is 14.0 Å². The number of carbonyl (C=O) groups is 2. The van der Waals surface area contributed by atoms with Crippen molar-refractivity contribution in [2.75, 3.05) is 10.6 Å². The molecule has 2 aromatic rings. The van der Waals surface area contributed by atoms with E-state index in [-0.39, 0.29) is 23.4 Å². The first-order valence-electron chi connectivity index (χ1n) is 9.42. The number of benzene rings is 2. The molecule has 0 unspecified atom stereocenters. The fourth-order valence-corrected chi connectivity index (χ4v) is 3.61. The summed E-state index contributed by atoms with van der Waals surface area (Å²) < 4.78 is 14.1. The van der Waals surface area contributed by atoms with E-state index in [4.69, 9.17) is 0 Å². The van der Waals surface area contributed by atoms with Crippen molar-refractivity contribution in [1.29, 1.82) is 0 Å². The van der Waals surface area contributed by atoms with Crippen molar-refractivity contribution in [3.8, 4) is 0 Å². The zero-order valence-electron chi connectivity index (χ0n) is 15.8. The molecule has 2 aromatic carbocycles. The van der Waals surface area contributed by atoms with E-state index < -0.39 is 5.82 Å². The van der Waals surface area contributed by atoms with Gasteiger partial charge in [-0.2, -0.15) is 0 Å². The third-order valence-electron chi connectivity index (χ3n) is 4.94. The first-order chi connectivity index (χ1) is 12.9. The quantitative estimate of drug-likeness (QED) is 0.778. The van der Waals surface area contributed by atoms with Crippen LogP contribution >= 0.6 is 0 Å². The van der Waals surface area contributed by atoms with Crippen LogP contribution in [0.4, 0.5) is 15.8 Å². The highest BCUT2D eigenvalue weighted by atomic mass is 19.1. The summed E-state index contributed by atoms with van der Waals surface area (Å²) in [6.07, 6.45) is 4.91. The van der Waals surface area contributed by atoms with Crippen molar-refractivity contribution in [3.63, 3.8) is 0 Å². The summed E-state index contributed by atoms with van der Waals surface area (Å²) in [5.41, 5.74) is 3.09. The monoisotopic (exact) mass is 368 g/mol. The average Bonchev–Trinajstić information content (AvgIpc) is 2.64. The van der Waals surface area contributed by atoms with Gasteiger partial charge < -0.3 is 10.6 Å². The summed E-state index contributed by atoms with van der Waals surface area (Å²) >= 11 is 0. The van der Waals surface area contributed by atoms with Gasteiger partial charge in [0.15, 0.2) is 0 Å². The number of halogens is 1. The molecule has 1 saturated carbocycles. The number of hydrogen-bond acceptors (Lipinski definition) is 2. The average molecular weight is 368 g/mol. The van der Waals surface area contributed by atoms with Gasteiger partial charge in [-0.3, -0.25) is 9.59 Å².